The van der Waals surface area contributed by atoms with Crippen LogP contribution < -0.4 is 5.73 Å². The molecule has 3 nitrogen and oxygen atoms in total. The normalized spacial score (nSPS) is 12.1. The molecule has 1 aromatic heterocycles. The van der Waals surface area contributed by atoms with Crippen molar-refractivity contribution in [3.8, 4) is 11.1 Å². The minimum Gasteiger partial charge on any atom is -0.390 e. The molecule has 0 saturated carbocycles. The predicted molar refractivity (Wildman–Crippen MR) is 75.0 cm³/mol. The van der Waals surface area contributed by atoms with Gasteiger partial charge in [-0.2, -0.15) is 0 Å². The van der Waals surface area contributed by atoms with Crippen LogP contribution in [0.4, 0.5) is 5.00 Å². The van der Waals surface area contributed by atoms with E-state index in [1.54, 1.807) is 19.0 Å². The van der Waals surface area contributed by atoms with Crippen LogP contribution in [0.5, 0.6) is 0 Å². The number of rotatable bonds is 1. The Labute approximate surface area is 110 Å². The Balaban J connectivity index is 2.24. The van der Waals surface area contributed by atoms with Gasteiger partial charge in [-0.05, 0) is 11.1 Å². The quantitative estimate of drug-likeness (QED) is 0.729. The molecule has 1 amide bonds. The molecule has 1 aliphatic rings. The fourth-order valence-corrected chi connectivity index (χ4v) is 3.53. The Kier molecular flexibility index (Phi) is 2.41. The summed E-state index contributed by atoms with van der Waals surface area (Å²) in [6, 6.07) is 8.22. The Morgan fingerprint density at radius 3 is 2.78 bits per heavy atom. The van der Waals surface area contributed by atoms with E-state index in [2.05, 4.69) is 12.1 Å². The summed E-state index contributed by atoms with van der Waals surface area (Å²) in [6.07, 6.45) is 0.890. The van der Waals surface area contributed by atoms with Crippen molar-refractivity contribution in [1.29, 1.82) is 0 Å². The molecule has 1 aliphatic carbocycles. The maximum absolute atomic E-state index is 12.2. The van der Waals surface area contributed by atoms with E-state index >= 15 is 0 Å². The van der Waals surface area contributed by atoms with E-state index in [0.29, 0.717) is 10.6 Å². The molecule has 1 aromatic carbocycles. The van der Waals surface area contributed by atoms with Crippen molar-refractivity contribution in [3.05, 3.63) is 40.3 Å². The minimum atomic E-state index is -0.0123. The smallest absolute Gasteiger partial charge is 0.256 e. The van der Waals surface area contributed by atoms with Crippen LogP contribution in [0.2, 0.25) is 0 Å². The van der Waals surface area contributed by atoms with Crippen LogP contribution in [-0.2, 0) is 6.42 Å². The Morgan fingerprint density at radius 1 is 1.33 bits per heavy atom. The predicted octanol–water partition coefficient (Wildman–Crippen LogP) is 2.60. The van der Waals surface area contributed by atoms with E-state index < -0.39 is 0 Å². The maximum Gasteiger partial charge on any atom is 0.256 e. The monoisotopic (exact) mass is 258 g/mol. The van der Waals surface area contributed by atoms with E-state index in [0.717, 1.165) is 17.5 Å². The highest BCUT2D eigenvalue weighted by molar-refractivity contribution is 7.17. The Morgan fingerprint density at radius 2 is 2.06 bits per heavy atom. The summed E-state index contributed by atoms with van der Waals surface area (Å²) in [6.45, 7) is 0. The summed E-state index contributed by atoms with van der Waals surface area (Å²) in [4.78, 5) is 15.0. The highest BCUT2D eigenvalue weighted by Crippen LogP contribution is 2.46. The fourth-order valence-electron chi connectivity index (χ4n) is 2.43. The summed E-state index contributed by atoms with van der Waals surface area (Å²) < 4.78 is 0. The molecule has 18 heavy (non-hydrogen) atoms. The summed E-state index contributed by atoms with van der Waals surface area (Å²) in [5.41, 5.74) is 10.2. The van der Waals surface area contributed by atoms with Crippen LogP contribution in [-0.4, -0.2) is 24.9 Å². The number of hydrogen-bond donors (Lipinski definition) is 1. The number of anilines is 1. The number of hydrogen-bond acceptors (Lipinski definition) is 3. The lowest BCUT2D eigenvalue weighted by Crippen LogP contribution is -2.22. The third-order valence-electron chi connectivity index (χ3n) is 3.27. The molecule has 0 spiro atoms. The molecule has 3 rings (SSSR count). The van der Waals surface area contributed by atoms with E-state index in [1.807, 2.05) is 12.1 Å². The molecular weight excluding hydrogens is 244 g/mol. The first-order chi connectivity index (χ1) is 8.59. The number of nitrogens with zero attached hydrogens (tertiary/aromatic N) is 1. The number of carbonyl (C=O) groups excluding carboxylic acids is 1. The molecule has 0 aliphatic heterocycles. The first-order valence-electron chi connectivity index (χ1n) is 5.80. The number of fused-ring (bicyclic) bond motifs is 3. The van der Waals surface area contributed by atoms with Gasteiger partial charge in [0.15, 0.2) is 0 Å². The number of carbonyl (C=O) groups is 1. The van der Waals surface area contributed by atoms with Crippen molar-refractivity contribution < 1.29 is 4.79 Å². The van der Waals surface area contributed by atoms with Gasteiger partial charge in [0.2, 0.25) is 0 Å². The maximum atomic E-state index is 12.2. The second kappa shape index (κ2) is 3.85. The molecule has 1 heterocycles. The van der Waals surface area contributed by atoms with Gasteiger partial charge in [0.1, 0.15) is 0 Å². The van der Waals surface area contributed by atoms with Gasteiger partial charge in [0, 0.05) is 31.0 Å². The van der Waals surface area contributed by atoms with Crippen molar-refractivity contribution in [3.63, 3.8) is 0 Å². The highest BCUT2D eigenvalue weighted by atomic mass is 32.1. The minimum absolute atomic E-state index is 0.0123. The summed E-state index contributed by atoms with van der Waals surface area (Å²) in [5.74, 6) is -0.0123. The first kappa shape index (κ1) is 11.3. The number of thiophene rings is 1. The van der Waals surface area contributed by atoms with Crippen LogP contribution in [0.25, 0.3) is 11.1 Å². The fraction of sp³-hybridized carbons (Fsp3) is 0.214. The lowest BCUT2D eigenvalue weighted by atomic mass is 10.0. The Bertz CT molecular complexity index is 643. The van der Waals surface area contributed by atoms with Crippen molar-refractivity contribution in [2.75, 3.05) is 19.8 Å². The van der Waals surface area contributed by atoms with E-state index in [9.17, 15) is 4.79 Å². The SMILES string of the molecule is CN(C)C(=O)c1c(N)sc2c1-c1ccccc1C2. The van der Waals surface area contributed by atoms with E-state index in [-0.39, 0.29) is 5.91 Å². The second-order valence-electron chi connectivity index (χ2n) is 4.67. The first-order valence-corrected chi connectivity index (χ1v) is 6.62. The van der Waals surface area contributed by atoms with Crippen molar-refractivity contribution in [2.45, 2.75) is 6.42 Å². The second-order valence-corrected chi connectivity index (χ2v) is 5.81. The third-order valence-corrected chi connectivity index (χ3v) is 4.29. The number of nitrogens with two attached hydrogens (primary N) is 1. The van der Waals surface area contributed by atoms with E-state index in [1.165, 1.54) is 21.8 Å². The summed E-state index contributed by atoms with van der Waals surface area (Å²) in [7, 11) is 3.51. The molecule has 4 heteroatoms. The van der Waals surface area contributed by atoms with Crippen molar-refractivity contribution in [1.82, 2.24) is 4.90 Å². The van der Waals surface area contributed by atoms with Gasteiger partial charge < -0.3 is 10.6 Å². The molecule has 0 saturated heterocycles. The molecule has 2 aromatic rings. The van der Waals surface area contributed by atoms with E-state index in [4.69, 9.17) is 5.73 Å². The number of amides is 1. The van der Waals surface area contributed by atoms with Crippen LogP contribution in [0, 0.1) is 0 Å². The molecule has 92 valence electrons. The van der Waals surface area contributed by atoms with Gasteiger partial charge in [-0.1, -0.05) is 24.3 Å². The third kappa shape index (κ3) is 1.46. The van der Waals surface area contributed by atoms with Crippen LogP contribution in [0.15, 0.2) is 24.3 Å². The average Bonchev–Trinajstić information content (AvgIpc) is 2.82. The Hall–Kier alpha value is -1.81. The average molecular weight is 258 g/mol. The molecule has 0 atom stereocenters. The topological polar surface area (TPSA) is 46.3 Å². The zero-order valence-corrected chi connectivity index (χ0v) is 11.2. The standard InChI is InChI=1S/C14H14N2OS/c1-16(2)14(17)12-11-9-6-4-3-5-8(9)7-10(11)18-13(12)15/h3-6H,7,15H2,1-2H3. The molecule has 0 unspecified atom stereocenters. The largest absolute Gasteiger partial charge is 0.390 e. The van der Waals surface area contributed by atoms with Crippen LogP contribution >= 0.6 is 11.3 Å². The lowest BCUT2D eigenvalue weighted by Gasteiger charge is -2.11. The van der Waals surface area contributed by atoms with Crippen LogP contribution in [0.3, 0.4) is 0 Å². The molecule has 2 N–H and O–H groups in total. The number of nitrogen functional groups attached to an aromatic ring is 1. The number of benzene rings is 1. The van der Waals surface area contributed by atoms with Gasteiger partial charge in [-0.15, -0.1) is 11.3 Å². The summed E-state index contributed by atoms with van der Waals surface area (Å²) >= 11 is 1.54. The molecule has 0 bridgehead atoms. The summed E-state index contributed by atoms with van der Waals surface area (Å²) in [5, 5.41) is 0.633. The van der Waals surface area contributed by atoms with Crippen molar-refractivity contribution >= 4 is 22.2 Å². The van der Waals surface area contributed by atoms with Crippen LogP contribution in [0.1, 0.15) is 20.8 Å². The van der Waals surface area contributed by atoms with Crippen molar-refractivity contribution in [2.24, 2.45) is 0 Å². The van der Waals surface area contributed by atoms with Gasteiger partial charge in [-0.3, -0.25) is 4.79 Å². The molecule has 0 fully saturated rings. The van der Waals surface area contributed by atoms with Gasteiger partial charge in [0.05, 0.1) is 10.6 Å². The highest BCUT2D eigenvalue weighted by Gasteiger charge is 2.29. The lowest BCUT2D eigenvalue weighted by molar-refractivity contribution is 0.0830. The van der Waals surface area contributed by atoms with Gasteiger partial charge in [0.25, 0.3) is 5.91 Å². The zero-order chi connectivity index (χ0) is 12.9. The molecule has 0 radical (unpaired) electrons. The zero-order valence-electron chi connectivity index (χ0n) is 10.4. The van der Waals surface area contributed by atoms with Gasteiger partial charge >= 0.3 is 0 Å². The molecular formula is C14H14N2OS. The van der Waals surface area contributed by atoms with Gasteiger partial charge in [-0.25, -0.2) is 0 Å².